The topological polar surface area (TPSA) is 49.4 Å². The van der Waals surface area contributed by atoms with Gasteiger partial charge in [-0.1, -0.05) is 13.8 Å². The summed E-state index contributed by atoms with van der Waals surface area (Å²) in [5.74, 6) is 0.168. The molecule has 1 heterocycles. The number of rotatable bonds is 3. The van der Waals surface area contributed by atoms with Gasteiger partial charge in [-0.25, -0.2) is 0 Å². The lowest BCUT2D eigenvalue weighted by atomic mass is 10.0. The Bertz CT molecular complexity index is 292. The minimum Gasteiger partial charge on any atom is -0.354 e. The fourth-order valence-corrected chi connectivity index (χ4v) is 2.17. The third kappa shape index (κ3) is 3.87. The van der Waals surface area contributed by atoms with E-state index >= 15 is 0 Å². The van der Waals surface area contributed by atoms with E-state index in [0.717, 1.165) is 6.42 Å². The van der Waals surface area contributed by atoms with Crippen molar-refractivity contribution >= 4 is 23.4 Å². The molecule has 2 unspecified atom stereocenters. The summed E-state index contributed by atoms with van der Waals surface area (Å²) in [6, 6.07) is -0.369. The summed E-state index contributed by atoms with van der Waals surface area (Å²) in [6.07, 6.45) is 1.47. The average molecular weight is 261 g/mol. The first-order chi connectivity index (χ1) is 7.93. The molecule has 5 heteroatoms. The van der Waals surface area contributed by atoms with E-state index < -0.39 is 5.38 Å². The number of hydrogen-bond acceptors (Lipinski definition) is 2. The van der Waals surface area contributed by atoms with E-state index in [-0.39, 0.29) is 17.9 Å². The van der Waals surface area contributed by atoms with Crippen LogP contribution in [0.4, 0.5) is 0 Å². The van der Waals surface area contributed by atoms with Crippen molar-refractivity contribution in [3.63, 3.8) is 0 Å². The van der Waals surface area contributed by atoms with Crippen LogP contribution in [0.15, 0.2) is 0 Å². The summed E-state index contributed by atoms with van der Waals surface area (Å²) in [7, 11) is 0. The van der Waals surface area contributed by atoms with Crippen molar-refractivity contribution in [3.8, 4) is 0 Å². The minimum absolute atomic E-state index is 0.0538. The van der Waals surface area contributed by atoms with Crippen LogP contribution in [0.25, 0.3) is 0 Å². The highest BCUT2D eigenvalue weighted by Gasteiger charge is 2.33. The molecule has 1 aliphatic rings. The molecule has 0 aliphatic carbocycles. The van der Waals surface area contributed by atoms with Crippen LogP contribution in [0, 0.1) is 5.92 Å². The molecule has 0 aromatic carbocycles. The Morgan fingerprint density at radius 1 is 1.53 bits per heavy atom. The van der Waals surface area contributed by atoms with E-state index in [1.165, 1.54) is 0 Å². The largest absolute Gasteiger partial charge is 0.354 e. The second-order valence-electron chi connectivity index (χ2n) is 4.94. The van der Waals surface area contributed by atoms with Crippen LogP contribution in [0.5, 0.6) is 0 Å². The van der Waals surface area contributed by atoms with Crippen molar-refractivity contribution in [1.29, 1.82) is 0 Å². The van der Waals surface area contributed by atoms with Gasteiger partial charge in [0.05, 0.1) is 0 Å². The number of carbonyl (C=O) groups is 2. The molecule has 2 amide bonds. The lowest BCUT2D eigenvalue weighted by Gasteiger charge is -2.30. The zero-order chi connectivity index (χ0) is 13.0. The molecule has 4 nitrogen and oxygen atoms in total. The van der Waals surface area contributed by atoms with Crippen molar-refractivity contribution in [2.24, 2.45) is 5.92 Å². The molecule has 98 valence electrons. The second kappa shape index (κ2) is 6.24. The molecule has 1 aliphatic heterocycles. The quantitative estimate of drug-likeness (QED) is 0.780. The Morgan fingerprint density at radius 2 is 2.18 bits per heavy atom. The Kier molecular flexibility index (Phi) is 5.25. The summed E-state index contributed by atoms with van der Waals surface area (Å²) in [5.41, 5.74) is 0. The molecule has 1 saturated heterocycles. The van der Waals surface area contributed by atoms with Crippen molar-refractivity contribution in [1.82, 2.24) is 10.2 Å². The van der Waals surface area contributed by atoms with Gasteiger partial charge in [-0.3, -0.25) is 9.59 Å². The van der Waals surface area contributed by atoms with Gasteiger partial charge in [0.25, 0.3) is 0 Å². The van der Waals surface area contributed by atoms with E-state index in [2.05, 4.69) is 5.32 Å². The van der Waals surface area contributed by atoms with Crippen LogP contribution >= 0.6 is 11.6 Å². The molecule has 17 heavy (non-hydrogen) atoms. The molecule has 1 fully saturated rings. The minimum atomic E-state index is -0.574. The molecule has 0 spiro atoms. The maximum atomic E-state index is 12.0. The number of alkyl halides is 1. The van der Waals surface area contributed by atoms with Gasteiger partial charge in [0.2, 0.25) is 11.8 Å². The molecule has 2 atom stereocenters. The SMILES string of the molecule is CC(C)CC1C(=O)NCCCN1C(=O)C(C)Cl. The molecular formula is C12H21ClN2O2. The Hall–Kier alpha value is -0.770. The van der Waals surface area contributed by atoms with Gasteiger partial charge in [-0.2, -0.15) is 0 Å². The molecule has 0 aromatic rings. The van der Waals surface area contributed by atoms with E-state index in [9.17, 15) is 9.59 Å². The molecule has 1 rings (SSSR count). The van der Waals surface area contributed by atoms with Crippen LogP contribution < -0.4 is 5.32 Å². The first-order valence-corrected chi connectivity index (χ1v) is 6.59. The lowest BCUT2D eigenvalue weighted by molar-refractivity contribution is -0.139. The lowest BCUT2D eigenvalue weighted by Crippen LogP contribution is -2.49. The number of carbonyl (C=O) groups excluding carboxylic acids is 2. The molecule has 0 bridgehead atoms. The zero-order valence-electron chi connectivity index (χ0n) is 10.7. The smallest absolute Gasteiger partial charge is 0.242 e. The van der Waals surface area contributed by atoms with Crippen molar-refractivity contribution < 1.29 is 9.59 Å². The van der Waals surface area contributed by atoms with Gasteiger partial charge in [0.15, 0.2) is 0 Å². The molecule has 0 aromatic heterocycles. The van der Waals surface area contributed by atoms with Crippen LogP contribution in [0.2, 0.25) is 0 Å². The second-order valence-corrected chi connectivity index (χ2v) is 5.59. The highest BCUT2D eigenvalue weighted by molar-refractivity contribution is 6.30. The van der Waals surface area contributed by atoms with Crippen molar-refractivity contribution in [2.45, 2.75) is 45.0 Å². The van der Waals surface area contributed by atoms with Crippen LogP contribution in [0.3, 0.4) is 0 Å². The highest BCUT2D eigenvalue weighted by atomic mass is 35.5. The van der Waals surface area contributed by atoms with Gasteiger partial charge >= 0.3 is 0 Å². The number of nitrogens with one attached hydrogen (secondary N) is 1. The van der Waals surface area contributed by atoms with Crippen LogP contribution in [-0.4, -0.2) is 41.2 Å². The van der Waals surface area contributed by atoms with Gasteiger partial charge in [-0.15, -0.1) is 11.6 Å². The first-order valence-electron chi connectivity index (χ1n) is 6.15. The maximum absolute atomic E-state index is 12.0. The van der Waals surface area contributed by atoms with E-state index in [1.54, 1.807) is 11.8 Å². The van der Waals surface area contributed by atoms with Gasteiger partial charge in [0.1, 0.15) is 11.4 Å². The predicted octanol–water partition coefficient (Wildman–Crippen LogP) is 1.38. The van der Waals surface area contributed by atoms with Crippen LogP contribution in [0.1, 0.15) is 33.6 Å². The maximum Gasteiger partial charge on any atom is 0.242 e. The fraction of sp³-hybridized carbons (Fsp3) is 0.833. The summed E-state index contributed by atoms with van der Waals surface area (Å²) < 4.78 is 0. The summed E-state index contributed by atoms with van der Waals surface area (Å²) >= 11 is 5.84. The number of hydrogen-bond donors (Lipinski definition) is 1. The molecule has 0 saturated carbocycles. The molecule has 0 radical (unpaired) electrons. The van der Waals surface area contributed by atoms with Gasteiger partial charge < -0.3 is 10.2 Å². The van der Waals surface area contributed by atoms with Crippen molar-refractivity contribution in [2.75, 3.05) is 13.1 Å². The Labute approximate surface area is 108 Å². The van der Waals surface area contributed by atoms with Gasteiger partial charge in [0, 0.05) is 13.1 Å². The van der Waals surface area contributed by atoms with E-state index in [4.69, 9.17) is 11.6 Å². The third-order valence-electron chi connectivity index (χ3n) is 2.87. The van der Waals surface area contributed by atoms with E-state index in [1.807, 2.05) is 13.8 Å². The monoisotopic (exact) mass is 260 g/mol. The molecule has 1 N–H and O–H groups in total. The molecular weight excluding hydrogens is 240 g/mol. The standard InChI is InChI=1S/C12H21ClN2O2/c1-8(2)7-10-11(16)14-5-4-6-15(10)12(17)9(3)13/h8-10H,4-7H2,1-3H3,(H,14,16). The number of amides is 2. The normalized spacial score (nSPS) is 23.2. The summed E-state index contributed by atoms with van der Waals surface area (Å²) in [4.78, 5) is 25.6. The van der Waals surface area contributed by atoms with Crippen molar-refractivity contribution in [3.05, 3.63) is 0 Å². The third-order valence-corrected chi connectivity index (χ3v) is 3.06. The van der Waals surface area contributed by atoms with E-state index in [0.29, 0.717) is 25.4 Å². The highest BCUT2D eigenvalue weighted by Crippen LogP contribution is 2.17. The zero-order valence-corrected chi connectivity index (χ0v) is 11.5. The Morgan fingerprint density at radius 3 is 2.71 bits per heavy atom. The average Bonchev–Trinajstić information content (AvgIpc) is 2.40. The summed E-state index contributed by atoms with van der Waals surface area (Å²) in [6.45, 7) is 6.98. The predicted molar refractivity (Wildman–Crippen MR) is 67.9 cm³/mol. The Balaban J connectivity index is 2.86. The van der Waals surface area contributed by atoms with Crippen LogP contribution in [-0.2, 0) is 9.59 Å². The number of halogens is 1. The fourth-order valence-electron chi connectivity index (χ4n) is 2.05. The van der Waals surface area contributed by atoms with Gasteiger partial charge in [-0.05, 0) is 25.7 Å². The number of nitrogens with zero attached hydrogens (tertiary/aromatic N) is 1. The first kappa shape index (κ1) is 14.3. The summed E-state index contributed by atoms with van der Waals surface area (Å²) in [5, 5.41) is 2.27.